The summed E-state index contributed by atoms with van der Waals surface area (Å²) in [7, 11) is 1.46. The van der Waals surface area contributed by atoms with Crippen molar-refractivity contribution in [3.8, 4) is 0 Å². The lowest BCUT2D eigenvalue weighted by molar-refractivity contribution is -0.148. The molecule has 0 aromatic rings. The third kappa shape index (κ3) is 6.23. The number of ether oxygens (including phenoxy) is 1. The quantitative estimate of drug-likeness (QED) is 0.593. The summed E-state index contributed by atoms with van der Waals surface area (Å²) in [6.45, 7) is 14.2. The summed E-state index contributed by atoms with van der Waals surface area (Å²) in [6.07, 6.45) is 3.37. The van der Waals surface area contributed by atoms with E-state index in [9.17, 15) is 4.79 Å². The summed E-state index contributed by atoms with van der Waals surface area (Å²) in [5, 5.41) is 3.35. The van der Waals surface area contributed by atoms with Crippen LogP contribution in [0.5, 0.6) is 0 Å². The van der Waals surface area contributed by atoms with Crippen molar-refractivity contribution in [2.75, 3.05) is 33.3 Å². The van der Waals surface area contributed by atoms with Gasteiger partial charge in [-0.1, -0.05) is 40.5 Å². The molecule has 1 unspecified atom stereocenters. The molecule has 0 aliphatic rings. The Morgan fingerprint density at radius 3 is 2.25 bits per heavy atom. The number of esters is 1. The molecule has 20 heavy (non-hydrogen) atoms. The van der Waals surface area contributed by atoms with Gasteiger partial charge in [0.15, 0.2) is 0 Å². The van der Waals surface area contributed by atoms with E-state index in [4.69, 9.17) is 4.74 Å². The van der Waals surface area contributed by atoms with E-state index < -0.39 is 5.54 Å². The van der Waals surface area contributed by atoms with E-state index in [1.54, 1.807) is 0 Å². The third-order valence-electron chi connectivity index (χ3n) is 4.06. The molecule has 0 fully saturated rings. The second-order valence-corrected chi connectivity index (χ2v) is 5.76. The molecule has 0 heterocycles. The first-order chi connectivity index (χ1) is 9.47. The van der Waals surface area contributed by atoms with Crippen LogP contribution in [0.15, 0.2) is 0 Å². The maximum atomic E-state index is 12.1. The van der Waals surface area contributed by atoms with E-state index in [-0.39, 0.29) is 5.97 Å². The molecular weight excluding hydrogens is 252 g/mol. The second kappa shape index (κ2) is 10.2. The van der Waals surface area contributed by atoms with Gasteiger partial charge >= 0.3 is 5.97 Å². The minimum Gasteiger partial charge on any atom is -0.468 e. The molecular formula is C16H34N2O2. The van der Waals surface area contributed by atoms with E-state index in [0.29, 0.717) is 12.5 Å². The van der Waals surface area contributed by atoms with Gasteiger partial charge in [-0.05, 0) is 32.4 Å². The summed E-state index contributed by atoms with van der Waals surface area (Å²) in [4.78, 5) is 14.5. The van der Waals surface area contributed by atoms with Crippen LogP contribution in [0.4, 0.5) is 0 Å². The third-order valence-corrected chi connectivity index (χ3v) is 4.06. The maximum Gasteiger partial charge on any atom is 0.327 e. The summed E-state index contributed by atoms with van der Waals surface area (Å²) < 4.78 is 4.99. The van der Waals surface area contributed by atoms with E-state index >= 15 is 0 Å². The van der Waals surface area contributed by atoms with Crippen LogP contribution in [-0.2, 0) is 9.53 Å². The summed E-state index contributed by atoms with van der Waals surface area (Å²) in [5.74, 6) is 0.525. The molecule has 0 spiro atoms. The van der Waals surface area contributed by atoms with Gasteiger partial charge in [0, 0.05) is 13.1 Å². The normalized spacial score (nSPS) is 14.6. The fourth-order valence-corrected chi connectivity index (χ4v) is 2.48. The fourth-order valence-electron chi connectivity index (χ4n) is 2.48. The van der Waals surface area contributed by atoms with E-state index in [1.165, 1.54) is 20.0 Å². The molecule has 0 bridgehead atoms. The zero-order valence-electron chi connectivity index (χ0n) is 14.3. The van der Waals surface area contributed by atoms with Crippen LogP contribution in [0.1, 0.15) is 53.9 Å². The monoisotopic (exact) mass is 286 g/mol. The zero-order valence-corrected chi connectivity index (χ0v) is 14.3. The average Bonchev–Trinajstić information content (AvgIpc) is 2.48. The molecule has 0 saturated heterocycles. The van der Waals surface area contributed by atoms with Gasteiger partial charge in [-0.15, -0.1) is 0 Å². The molecule has 1 N–H and O–H groups in total. The molecule has 0 aliphatic heterocycles. The maximum absolute atomic E-state index is 12.1. The SMILES string of the molecule is CCCNC(C)(CN(CC)CC(CC)CC)C(=O)OC. The number of hydrogen-bond acceptors (Lipinski definition) is 4. The molecule has 0 radical (unpaired) electrons. The highest BCUT2D eigenvalue weighted by atomic mass is 16.5. The van der Waals surface area contributed by atoms with Gasteiger partial charge in [0.2, 0.25) is 0 Å². The van der Waals surface area contributed by atoms with Crippen molar-refractivity contribution in [1.29, 1.82) is 0 Å². The Kier molecular flexibility index (Phi) is 9.86. The molecule has 120 valence electrons. The lowest BCUT2D eigenvalue weighted by atomic mass is 9.98. The van der Waals surface area contributed by atoms with Crippen molar-refractivity contribution >= 4 is 5.97 Å². The van der Waals surface area contributed by atoms with Crippen LogP contribution in [-0.4, -0.2) is 49.7 Å². The molecule has 0 aromatic heterocycles. The lowest BCUT2D eigenvalue weighted by Crippen LogP contribution is -2.58. The number of nitrogens with zero attached hydrogens (tertiary/aromatic N) is 1. The molecule has 4 nitrogen and oxygen atoms in total. The van der Waals surface area contributed by atoms with Gasteiger partial charge in [-0.2, -0.15) is 0 Å². The van der Waals surface area contributed by atoms with Gasteiger partial charge in [0.25, 0.3) is 0 Å². The molecule has 0 saturated carbocycles. The van der Waals surface area contributed by atoms with Crippen LogP contribution >= 0.6 is 0 Å². The van der Waals surface area contributed by atoms with Crippen molar-refractivity contribution < 1.29 is 9.53 Å². The van der Waals surface area contributed by atoms with Crippen molar-refractivity contribution in [1.82, 2.24) is 10.2 Å². The highest BCUT2D eigenvalue weighted by Crippen LogP contribution is 2.14. The summed E-state index contributed by atoms with van der Waals surface area (Å²) in [5.41, 5.74) is -0.618. The predicted molar refractivity (Wildman–Crippen MR) is 84.9 cm³/mol. The first-order valence-electron chi connectivity index (χ1n) is 8.03. The first kappa shape index (κ1) is 19.4. The Hall–Kier alpha value is -0.610. The Balaban J connectivity index is 4.77. The molecule has 1 atom stereocenters. The van der Waals surface area contributed by atoms with E-state index in [1.807, 2.05) is 6.92 Å². The van der Waals surface area contributed by atoms with Crippen LogP contribution in [0, 0.1) is 5.92 Å². The zero-order chi connectivity index (χ0) is 15.6. The van der Waals surface area contributed by atoms with E-state index in [0.717, 1.165) is 26.1 Å². The Morgan fingerprint density at radius 2 is 1.85 bits per heavy atom. The van der Waals surface area contributed by atoms with Gasteiger partial charge in [0.1, 0.15) is 5.54 Å². The summed E-state index contributed by atoms with van der Waals surface area (Å²) >= 11 is 0. The lowest BCUT2D eigenvalue weighted by Gasteiger charge is -2.35. The van der Waals surface area contributed by atoms with Crippen molar-refractivity contribution in [3.05, 3.63) is 0 Å². The number of likely N-dealkylation sites (N-methyl/N-ethyl adjacent to an activating group) is 1. The van der Waals surface area contributed by atoms with Crippen molar-refractivity contribution in [2.24, 2.45) is 5.92 Å². The number of hydrogen-bond donors (Lipinski definition) is 1. The van der Waals surface area contributed by atoms with Crippen molar-refractivity contribution in [2.45, 2.75) is 59.4 Å². The van der Waals surface area contributed by atoms with Crippen LogP contribution in [0.25, 0.3) is 0 Å². The largest absolute Gasteiger partial charge is 0.468 e. The topological polar surface area (TPSA) is 41.6 Å². The highest BCUT2D eigenvalue weighted by Gasteiger charge is 2.35. The number of carbonyl (C=O) groups excluding carboxylic acids is 1. The molecule has 0 rings (SSSR count). The van der Waals surface area contributed by atoms with Crippen LogP contribution in [0.3, 0.4) is 0 Å². The van der Waals surface area contributed by atoms with Crippen molar-refractivity contribution in [3.63, 3.8) is 0 Å². The van der Waals surface area contributed by atoms with Gasteiger partial charge in [-0.25, -0.2) is 0 Å². The Labute approximate surface area is 125 Å². The van der Waals surface area contributed by atoms with Crippen LogP contribution < -0.4 is 5.32 Å². The highest BCUT2D eigenvalue weighted by molar-refractivity contribution is 5.80. The number of nitrogens with one attached hydrogen (secondary N) is 1. The summed E-state index contributed by atoms with van der Waals surface area (Å²) in [6, 6.07) is 0. The Morgan fingerprint density at radius 1 is 1.25 bits per heavy atom. The first-order valence-corrected chi connectivity index (χ1v) is 8.03. The average molecular weight is 286 g/mol. The van der Waals surface area contributed by atoms with Crippen LogP contribution in [0.2, 0.25) is 0 Å². The van der Waals surface area contributed by atoms with Gasteiger partial charge in [0.05, 0.1) is 7.11 Å². The molecule has 4 heteroatoms. The number of rotatable bonds is 11. The second-order valence-electron chi connectivity index (χ2n) is 5.76. The number of methoxy groups -OCH3 is 1. The van der Waals surface area contributed by atoms with Gasteiger partial charge < -0.3 is 15.0 Å². The standard InChI is InChI=1S/C16H34N2O2/c1-7-11-17-16(5,15(19)20-6)13-18(10-4)12-14(8-2)9-3/h14,17H,7-13H2,1-6H3. The van der Waals surface area contributed by atoms with Gasteiger partial charge in [-0.3, -0.25) is 4.79 Å². The Bertz CT molecular complexity index is 267. The smallest absolute Gasteiger partial charge is 0.327 e. The molecule has 0 aromatic carbocycles. The fraction of sp³-hybridized carbons (Fsp3) is 0.938. The number of carbonyl (C=O) groups is 1. The minimum atomic E-state index is -0.618. The molecule has 0 amide bonds. The molecule has 0 aliphatic carbocycles. The predicted octanol–water partition coefficient (Wildman–Crippen LogP) is 2.68. The van der Waals surface area contributed by atoms with E-state index in [2.05, 4.69) is 37.9 Å². The minimum absolute atomic E-state index is 0.172.